The Hall–Kier alpha value is -2.14. The molecular weight excluding hydrogens is 380 g/mol. The monoisotopic (exact) mass is 400 g/mol. The fraction of sp³-hybridized carbons (Fsp3) is 0.300. The molecular formula is C20H21BrN2O2. The van der Waals surface area contributed by atoms with Crippen molar-refractivity contribution in [1.29, 1.82) is 0 Å². The largest absolute Gasteiger partial charge is 0.338 e. The number of hydrogen-bond acceptors (Lipinski definition) is 2. The van der Waals surface area contributed by atoms with E-state index in [-0.39, 0.29) is 24.2 Å². The van der Waals surface area contributed by atoms with Gasteiger partial charge in [0, 0.05) is 29.7 Å². The number of aryl methyl sites for hydroxylation is 2. The smallest absolute Gasteiger partial charge is 0.229 e. The summed E-state index contributed by atoms with van der Waals surface area (Å²) in [6.07, 6.45) is 0.269. The predicted octanol–water partition coefficient (Wildman–Crippen LogP) is 4.05. The second-order valence-corrected chi connectivity index (χ2v) is 7.51. The molecule has 1 aliphatic rings. The van der Waals surface area contributed by atoms with Crippen molar-refractivity contribution >= 4 is 33.4 Å². The number of amides is 2. The van der Waals surface area contributed by atoms with Crippen molar-refractivity contribution in [2.75, 3.05) is 11.9 Å². The Morgan fingerprint density at radius 3 is 2.72 bits per heavy atom. The van der Waals surface area contributed by atoms with E-state index in [4.69, 9.17) is 0 Å². The number of hydrogen-bond donors (Lipinski definition) is 1. The number of nitrogens with one attached hydrogen (secondary N) is 1. The molecule has 2 aromatic rings. The van der Waals surface area contributed by atoms with Gasteiger partial charge in [0.2, 0.25) is 11.8 Å². The lowest BCUT2D eigenvalue weighted by Crippen LogP contribution is -2.28. The molecule has 130 valence electrons. The van der Waals surface area contributed by atoms with Gasteiger partial charge < -0.3 is 10.2 Å². The van der Waals surface area contributed by atoms with Gasteiger partial charge in [-0.25, -0.2) is 0 Å². The SMILES string of the molecule is Cc1ccc(NC(=O)[C@@H]2CC(=O)N(Cc3cccc(Br)c3)C2)cc1C. The summed E-state index contributed by atoms with van der Waals surface area (Å²) < 4.78 is 0.987. The summed E-state index contributed by atoms with van der Waals surface area (Å²) in [5, 5.41) is 2.94. The third-order valence-electron chi connectivity index (χ3n) is 4.62. The zero-order valence-corrected chi connectivity index (χ0v) is 16.0. The van der Waals surface area contributed by atoms with Gasteiger partial charge in [-0.1, -0.05) is 34.1 Å². The number of halogens is 1. The molecule has 5 heteroatoms. The van der Waals surface area contributed by atoms with Crippen molar-refractivity contribution in [3.63, 3.8) is 0 Å². The number of benzene rings is 2. The standard InChI is InChI=1S/C20H21BrN2O2/c1-13-6-7-18(8-14(13)2)22-20(25)16-10-19(24)23(12-16)11-15-4-3-5-17(21)9-15/h3-9,16H,10-12H2,1-2H3,(H,22,25)/t16-/m1/s1. The van der Waals surface area contributed by atoms with Crippen molar-refractivity contribution in [3.05, 3.63) is 63.6 Å². The van der Waals surface area contributed by atoms with Crippen LogP contribution in [0.2, 0.25) is 0 Å². The van der Waals surface area contributed by atoms with E-state index in [1.54, 1.807) is 4.90 Å². The number of likely N-dealkylation sites (tertiary alicyclic amines) is 1. The van der Waals surface area contributed by atoms with Crippen LogP contribution in [0.3, 0.4) is 0 Å². The molecule has 1 N–H and O–H groups in total. The minimum Gasteiger partial charge on any atom is -0.338 e. The first-order valence-electron chi connectivity index (χ1n) is 8.32. The average Bonchev–Trinajstić information content (AvgIpc) is 2.92. The minimum absolute atomic E-state index is 0.0280. The van der Waals surface area contributed by atoms with Crippen LogP contribution in [0, 0.1) is 19.8 Å². The first-order valence-corrected chi connectivity index (χ1v) is 9.12. The molecule has 0 bridgehead atoms. The van der Waals surface area contributed by atoms with E-state index >= 15 is 0 Å². The lowest BCUT2D eigenvalue weighted by molar-refractivity contribution is -0.128. The molecule has 1 heterocycles. The van der Waals surface area contributed by atoms with E-state index in [1.165, 1.54) is 5.56 Å². The quantitative estimate of drug-likeness (QED) is 0.841. The van der Waals surface area contributed by atoms with Crippen molar-refractivity contribution in [3.8, 4) is 0 Å². The molecule has 0 aromatic heterocycles. The maximum absolute atomic E-state index is 12.5. The van der Waals surface area contributed by atoms with Crippen molar-refractivity contribution in [2.45, 2.75) is 26.8 Å². The third kappa shape index (κ3) is 4.28. The van der Waals surface area contributed by atoms with Crippen molar-refractivity contribution in [1.82, 2.24) is 4.90 Å². The van der Waals surface area contributed by atoms with Gasteiger partial charge in [-0.3, -0.25) is 9.59 Å². The van der Waals surface area contributed by atoms with E-state index in [2.05, 4.69) is 21.2 Å². The highest BCUT2D eigenvalue weighted by atomic mass is 79.9. The van der Waals surface area contributed by atoms with Crippen LogP contribution in [-0.2, 0) is 16.1 Å². The Morgan fingerprint density at radius 1 is 1.20 bits per heavy atom. The molecule has 0 saturated carbocycles. The minimum atomic E-state index is -0.304. The maximum atomic E-state index is 12.5. The lowest BCUT2D eigenvalue weighted by Gasteiger charge is -2.17. The highest BCUT2D eigenvalue weighted by molar-refractivity contribution is 9.10. The van der Waals surface area contributed by atoms with Crippen LogP contribution < -0.4 is 5.32 Å². The Bertz CT molecular complexity index is 819. The van der Waals surface area contributed by atoms with Crippen LogP contribution in [0.1, 0.15) is 23.1 Å². The van der Waals surface area contributed by atoms with Crippen molar-refractivity contribution < 1.29 is 9.59 Å². The van der Waals surface area contributed by atoms with Crippen molar-refractivity contribution in [2.24, 2.45) is 5.92 Å². The number of nitrogens with zero attached hydrogens (tertiary/aromatic N) is 1. The molecule has 1 saturated heterocycles. The summed E-state index contributed by atoms with van der Waals surface area (Å²) in [5.74, 6) is -0.366. The van der Waals surface area contributed by atoms with Crippen LogP contribution in [0.5, 0.6) is 0 Å². The molecule has 4 nitrogen and oxygen atoms in total. The molecule has 1 aliphatic heterocycles. The Morgan fingerprint density at radius 2 is 2.00 bits per heavy atom. The summed E-state index contributed by atoms with van der Waals surface area (Å²) >= 11 is 3.44. The maximum Gasteiger partial charge on any atom is 0.229 e. The zero-order chi connectivity index (χ0) is 18.0. The number of carbonyl (C=O) groups is 2. The number of rotatable bonds is 4. The molecule has 0 spiro atoms. The second kappa shape index (κ2) is 7.40. The molecule has 1 fully saturated rings. The first-order chi connectivity index (χ1) is 11.9. The Labute approximate surface area is 156 Å². The molecule has 25 heavy (non-hydrogen) atoms. The summed E-state index contributed by atoms with van der Waals surface area (Å²) in [6.45, 7) is 5.05. The zero-order valence-electron chi connectivity index (χ0n) is 14.4. The molecule has 2 aromatic carbocycles. The third-order valence-corrected chi connectivity index (χ3v) is 5.12. The van der Waals surface area contributed by atoms with Crippen LogP contribution in [0.4, 0.5) is 5.69 Å². The number of anilines is 1. The highest BCUT2D eigenvalue weighted by Crippen LogP contribution is 2.23. The summed E-state index contributed by atoms with van der Waals surface area (Å²) in [4.78, 5) is 26.5. The van der Waals surface area contributed by atoms with E-state index in [1.807, 2.05) is 56.3 Å². The van der Waals surface area contributed by atoms with Crippen LogP contribution in [0.25, 0.3) is 0 Å². The molecule has 0 unspecified atom stereocenters. The predicted molar refractivity (Wildman–Crippen MR) is 102 cm³/mol. The van der Waals surface area contributed by atoms with Gasteiger partial charge >= 0.3 is 0 Å². The van der Waals surface area contributed by atoms with Gasteiger partial charge in [-0.15, -0.1) is 0 Å². The fourth-order valence-corrected chi connectivity index (χ4v) is 3.47. The fourth-order valence-electron chi connectivity index (χ4n) is 3.02. The molecule has 0 radical (unpaired) electrons. The molecule has 3 rings (SSSR count). The summed E-state index contributed by atoms with van der Waals surface area (Å²) in [5.41, 5.74) is 4.16. The lowest BCUT2D eigenvalue weighted by atomic mass is 10.1. The van der Waals surface area contributed by atoms with Gasteiger partial charge in [0.15, 0.2) is 0 Å². The van der Waals surface area contributed by atoms with Gasteiger partial charge in [0.1, 0.15) is 0 Å². The highest BCUT2D eigenvalue weighted by Gasteiger charge is 2.34. The normalized spacial score (nSPS) is 17.0. The van der Waals surface area contributed by atoms with E-state index in [9.17, 15) is 9.59 Å². The Balaban J connectivity index is 1.63. The van der Waals surface area contributed by atoms with E-state index < -0.39 is 0 Å². The second-order valence-electron chi connectivity index (χ2n) is 6.59. The topological polar surface area (TPSA) is 49.4 Å². The van der Waals surface area contributed by atoms with Crippen LogP contribution in [0.15, 0.2) is 46.9 Å². The first kappa shape index (κ1) is 17.7. The Kier molecular flexibility index (Phi) is 5.23. The molecule has 1 atom stereocenters. The summed E-state index contributed by atoms with van der Waals surface area (Å²) in [6, 6.07) is 13.7. The van der Waals surface area contributed by atoms with E-state index in [0.717, 1.165) is 21.3 Å². The molecule has 0 aliphatic carbocycles. The van der Waals surface area contributed by atoms with Crippen LogP contribution in [-0.4, -0.2) is 23.3 Å². The van der Waals surface area contributed by atoms with Gasteiger partial charge in [-0.2, -0.15) is 0 Å². The summed E-state index contributed by atoms with van der Waals surface area (Å²) in [7, 11) is 0. The van der Waals surface area contributed by atoms with Crippen LogP contribution >= 0.6 is 15.9 Å². The van der Waals surface area contributed by atoms with Gasteiger partial charge in [0.05, 0.1) is 5.92 Å². The van der Waals surface area contributed by atoms with E-state index in [0.29, 0.717) is 13.1 Å². The average molecular weight is 401 g/mol. The molecule has 2 amide bonds. The van der Waals surface area contributed by atoms with Gasteiger partial charge in [-0.05, 0) is 54.8 Å². The van der Waals surface area contributed by atoms with Gasteiger partial charge in [0.25, 0.3) is 0 Å². The number of carbonyl (C=O) groups excluding carboxylic acids is 2.